The van der Waals surface area contributed by atoms with Crippen LogP contribution in [-0.4, -0.2) is 37.2 Å². The molecular formula is C14H20NO2. The van der Waals surface area contributed by atoms with Crippen LogP contribution in [0.15, 0.2) is 18.2 Å². The van der Waals surface area contributed by atoms with Crippen LogP contribution in [-0.2, 0) is 0 Å². The van der Waals surface area contributed by atoms with Gasteiger partial charge in [0.1, 0.15) is 12.7 Å². The maximum absolute atomic E-state index is 5.91. The molecule has 1 unspecified atom stereocenters. The number of hydrogen-bond acceptors (Lipinski definition) is 3. The largest absolute Gasteiger partial charge is 0.486 e. The second-order valence-corrected chi connectivity index (χ2v) is 4.32. The molecule has 0 aromatic heterocycles. The summed E-state index contributed by atoms with van der Waals surface area (Å²) < 4.78 is 11.6. The van der Waals surface area contributed by atoms with Gasteiger partial charge in [0.05, 0.1) is 0 Å². The molecule has 1 radical (unpaired) electrons. The van der Waals surface area contributed by atoms with Crippen molar-refractivity contribution >= 4 is 0 Å². The van der Waals surface area contributed by atoms with Crippen molar-refractivity contribution in [1.29, 1.82) is 0 Å². The van der Waals surface area contributed by atoms with Crippen LogP contribution in [0, 0.1) is 6.07 Å². The maximum atomic E-state index is 5.91. The number of hydrogen-bond donors (Lipinski definition) is 0. The van der Waals surface area contributed by atoms with Crippen LogP contribution < -0.4 is 9.47 Å². The van der Waals surface area contributed by atoms with Crippen molar-refractivity contribution in [3.8, 4) is 11.5 Å². The summed E-state index contributed by atoms with van der Waals surface area (Å²) in [5, 5.41) is 0. The lowest BCUT2D eigenvalue weighted by Gasteiger charge is -2.30. The predicted octanol–water partition coefficient (Wildman–Crippen LogP) is 2.36. The maximum Gasteiger partial charge on any atom is 0.162 e. The highest BCUT2D eigenvalue weighted by molar-refractivity contribution is 5.40. The quantitative estimate of drug-likeness (QED) is 0.780. The van der Waals surface area contributed by atoms with Gasteiger partial charge in [-0.25, -0.2) is 0 Å². The Balaban J connectivity index is 1.93. The lowest BCUT2D eigenvalue weighted by Crippen LogP contribution is -2.41. The van der Waals surface area contributed by atoms with Gasteiger partial charge >= 0.3 is 0 Å². The van der Waals surface area contributed by atoms with E-state index < -0.39 is 0 Å². The van der Waals surface area contributed by atoms with Crippen molar-refractivity contribution in [1.82, 2.24) is 4.90 Å². The summed E-state index contributed by atoms with van der Waals surface area (Å²) in [6.07, 6.45) is 1.30. The van der Waals surface area contributed by atoms with Crippen molar-refractivity contribution in [2.24, 2.45) is 0 Å². The molecule has 0 amide bonds. The third-order valence-corrected chi connectivity index (χ3v) is 2.96. The molecule has 1 aromatic carbocycles. The topological polar surface area (TPSA) is 21.7 Å². The Kier molecular flexibility index (Phi) is 4.26. The molecule has 0 spiro atoms. The molecule has 2 rings (SSSR count). The Morgan fingerprint density at radius 1 is 1.41 bits per heavy atom. The monoisotopic (exact) mass is 234 g/mol. The summed E-state index contributed by atoms with van der Waals surface area (Å²) in [6.45, 7) is 8.12. The molecule has 0 aliphatic carbocycles. The minimum Gasteiger partial charge on any atom is -0.486 e. The molecule has 17 heavy (non-hydrogen) atoms. The smallest absolute Gasteiger partial charge is 0.162 e. The van der Waals surface area contributed by atoms with E-state index in [1.807, 2.05) is 18.2 Å². The molecule has 0 fully saturated rings. The molecule has 1 aromatic rings. The fourth-order valence-electron chi connectivity index (χ4n) is 2.08. The number of fused-ring (bicyclic) bond motifs is 1. The van der Waals surface area contributed by atoms with Crippen LogP contribution in [0.2, 0.25) is 0 Å². The van der Waals surface area contributed by atoms with Crippen molar-refractivity contribution in [2.45, 2.75) is 26.4 Å². The average molecular weight is 234 g/mol. The summed E-state index contributed by atoms with van der Waals surface area (Å²) in [6, 6.07) is 8.60. The summed E-state index contributed by atoms with van der Waals surface area (Å²) in [5.74, 6) is 1.65. The lowest BCUT2D eigenvalue weighted by molar-refractivity contribution is 0.0601. The van der Waals surface area contributed by atoms with Crippen molar-refractivity contribution in [3.05, 3.63) is 24.3 Å². The first kappa shape index (κ1) is 12.2. The van der Waals surface area contributed by atoms with E-state index in [9.17, 15) is 0 Å². The molecule has 3 nitrogen and oxygen atoms in total. The molecule has 1 aliphatic heterocycles. The SMILES string of the molecule is CCCN(CC)CC1COc2cc[c]cc2O1. The molecule has 1 heterocycles. The summed E-state index contributed by atoms with van der Waals surface area (Å²) >= 11 is 0. The zero-order chi connectivity index (χ0) is 12.1. The highest BCUT2D eigenvalue weighted by Gasteiger charge is 2.22. The van der Waals surface area contributed by atoms with Gasteiger partial charge in [-0.15, -0.1) is 0 Å². The summed E-state index contributed by atoms with van der Waals surface area (Å²) in [5.41, 5.74) is 0. The number of rotatable bonds is 5. The second-order valence-electron chi connectivity index (χ2n) is 4.32. The number of ether oxygens (including phenoxy) is 2. The van der Waals surface area contributed by atoms with Gasteiger partial charge in [0.2, 0.25) is 0 Å². The number of benzene rings is 1. The third-order valence-electron chi connectivity index (χ3n) is 2.96. The molecule has 0 saturated heterocycles. The van der Waals surface area contributed by atoms with E-state index >= 15 is 0 Å². The molecule has 0 bridgehead atoms. The fourth-order valence-corrected chi connectivity index (χ4v) is 2.08. The van der Waals surface area contributed by atoms with Crippen molar-refractivity contribution in [3.63, 3.8) is 0 Å². The second kappa shape index (κ2) is 5.92. The minimum atomic E-state index is 0.129. The van der Waals surface area contributed by atoms with Crippen LogP contribution in [0.1, 0.15) is 20.3 Å². The van der Waals surface area contributed by atoms with Crippen LogP contribution in [0.25, 0.3) is 0 Å². The molecule has 0 N–H and O–H groups in total. The third kappa shape index (κ3) is 3.13. The van der Waals surface area contributed by atoms with Crippen LogP contribution in [0.3, 0.4) is 0 Å². The summed E-state index contributed by atoms with van der Waals surface area (Å²) in [7, 11) is 0. The standard InChI is InChI=1S/C14H20NO2/c1-3-9-15(4-2)10-12-11-16-13-7-5-6-8-14(13)17-12/h5,7-8,12H,3-4,9-11H2,1-2H3. The Hall–Kier alpha value is -1.22. The number of likely N-dealkylation sites (N-methyl/N-ethyl adjacent to an activating group) is 1. The van der Waals surface area contributed by atoms with Crippen LogP contribution >= 0.6 is 0 Å². The van der Waals surface area contributed by atoms with Gasteiger partial charge in [0, 0.05) is 6.54 Å². The van der Waals surface area contributed by atoms with Crippen molar-refractivity contribution in [2.75, 3.05) is 26.2 Å². The van der Waals surface area contributed by atoms with Gasteiger partial charge < -0.3 is 9.47 Å². The Morgan fingerprint density at radius 3 is 3.06 bits per heavy atom. The minimum absolute atomic E-state index is 0.129. The molecular weight excluding hydrogens is 214 g/mol. The normalized spacial score (nSPS) is 18.4. The van der Waals surface area contributed by atoms with Gasteiger partial charge in [-0.05, 0) is 37.7 Å². The molecule has 1 aliphatic rings. The van der Waals surface area contributed by atoms with Gasteiger partial charge in [-0.3, -0.25) is 4.90 Å². The van der Waals surface area contributed by atoms with E-state index in [4.69, 9.17) is 9.47 Å². The van der Waals surface area contributed by atoms with E-state index in [1.165, 1.54) is 6.42 Å². The van der Waals surface area contributed by atoms with E-state index in [-0.39, 0.29) is 6.10 Å². The molecule has 3 heteroatoms. The van der Waals surface area contributed by atoms with E-state index in [2.05, 4.69) is 24.8 Å². The molecule has 93 valence electrons. The Morgan fingerprint density at radius 2 is 2.29 bits per heavy atom. The Labute approximate surface area is 103 Å². The summed E-state index contributed by atoms with van der Waals surface area (Å²) in [4.78, 5) is 2.39. The van der Waals surface area contributed by atoms with Crippen LogP contribution in [0.4, 0.5) is 0 Å². The predicted molar refractivity (Wildman–Crippen MR) is 67.6 cm³/mol. The fraction of sp³-hybridized carbons (Fsp3) is 0.571. The highest BCUT2D eigenvalue weighted by atomic mass is 16.6. The van der Waals surface area contributed by atoms with Crippen molar-refractivity contribution < 1.29 is 9.47 Å². The zero-order valence-electron chi connectivity index (χ0n) is 10.6. The van der Waals surface area contributed by atoms with Gasteiger partial charge in [0.25, 0.3) is 0 Å². The van der Waals surface area contributed by atoms with E-state index in [1.54, 1.807) is 0 Å². The number of nitrogens with zero attached hydrogens (tertiary/aromatic N) is 1. The van der Waals surface area contributed by atoms with E-state index in [0.717, 1.165) is 31.1 Å². The first-order valence-corrected chi connectivity index (χ1v) is 6.35. The van der Waals surface area contributed by atoms with Gasteiger partial charge in [0.15, 0.2) is 11.5 Å². The van der Waals surface area contributed by atoms with Gasteiger partial charge in [-0.1, -0.05) is 19.9 Å². The Bertz CT molecular complexity index is 354. The van der Waals surface area contributed by atoms with Crippen LogP contribution in [0.5, 0.6) is 11.5 Å². The van der Waals surface area contributed by atoms with Gasteiger partial charge in [-0.2, -0.15) is 0 Å². The first-order valence-electron chi connectivity index (χ1n) is 6.35. The molecule has 1 atom stereocenters. The lowest BCUT2D eigenvalue weighted by atomic mass is 10.2. The first-order chi connectivity index (χ1) is 8.33. The van der Waals surface area contributed by atoms with E-state index in [0.29, 0.717) is 6.61 Å². The molecule has 0 saturated carbocycles. The average Bonchev–Trinajstić information content (AvgIpc) is 2.38. The highest BCUT2D eigenvalue weighted by Crippen LogP contribution is 2.30. The zero-order valence-corrected chi connectivity index (χ0v) is 10.6.